The van der Waals surface area contributed by atoms with Gasteiger partial charge in [0.05, 0.1) is 10.2 Å². The Morgan fingerprint density at radius 1 is 1.18 bits per heavy atom. The maximum absolute atomic E-state index is 13.7. The molecule has 1 nitrogen and oxygen atoms in total. The number of halogens is 3. The van der Waals surface area contributed by atoms with E-state index in [1.165, 1.54) is 12.1 Å². The normalized spacial score (nSPS) is 18.1. The first-order valence-electron chi connectivity index (χ1n) is 5.91. The van der Waals surface area contributed by atoms with Gasteiger partial charge in [-0.15, -0.1) is 0 Å². The van der Waals surface area contributed by atoms with Crippen molar-refractivity contribution in [2.75, 3.05) is 18.0 Å². The number of hydrogen-bond donors (Lipinski definition) is 0. The summed E-state index contributed by atoms with van der Waals surface area (Å²) in [5.74, 6) is -0.772. The predicted octanol–water partition coefficient (Wildman–Crippen LogP) is 4.35. The number of nitrogens with zero attached hydrogens (tertiary/aromatic N) is 1. The van der Waals surface area contributed by atoms with Crippen molar-refractivity contribution in [1.82, 2.24) is 0 Å². The Kier molecular flexibility index (Phi) is 3.43. The summed E-state index contributed by atoms with van der Waals surface area (Å²) in [5, 5.41) is 0. The van der Waals surface area contributed by atoms with Gasteiger partial charge in [-0.25, -0.2) is 8.78 Å². The molecule has 0 unspecified atom stereocenters. The first-order chi connectivity index (χ1) is 8.01. The molecule has 1 saturated heterocycles. The molecule has 4 heteroatoms. The van der Waals surface area contributed by atoms with Gasteiger partial charge < -0.3 is 4.90 Å². The summed E-state index contributed by atoms with van der Waals surface area (Å²) in [4.78, 5) is 1.91. The molecule has 0 aliphatic carbocycles. The lowest BCUT2D eigenvalue weighted by Crippen LogP contribution is -2.56. The van der Waals surface area contributed by atoms with Crippen LogP contribution in [0.5, 0.6) is 0 Å². The Labute approximate surface area is 109 Å². The quantitative estimate of drug-likeness (QED) is 0.750. The van der Waals surface area contributed by atoms with E-state index in [1.807, 2.05) is 4.90 Å². The molecule has 1 fully saturated rings. The molecular weight excluding hydrogens is 288 g/mol. The van der Waals surface area contributed by atoms with Gasteiger partial charge in [0, 0.05) is 24.6 Å². The Balaban J connectivity index is 2.19. The van der Waals surface area contributed by atoms with Crippen LogP contribution in [0.1, 0.15) is 26.7 Å². The van der Waals surface area contributed by atoms with E-state index in [-0.39, 0.29) is 15.7 Å². The van der Waals surface area contributed by atoms with E-state index < -0.39 is 5.82 Å². The fourth-order valence-corrected chi connectivity index (χ4v) is 2.70. The zero-order chi connectivity index (χ0) is 12.6. The highest BCUT2D eigenvalue weighted by Gasteiger charge is 2.40. The summed E-state index contributed by atoms with van der Waals surface area (Å²) in [5.41, 5.74) is 0.666. The maximum atomic E-state index is 13.7. The van der Waals surface area contributed by atoms with Crippen molar-refractivity contribution in [3.05, 3.63) is 28.2 Å². The Morgan fingerprint density at radius 3 is 2.29 bits per heavy atom. The summed E-state index contributed by atoms with van der Waals surface area (Å²) in [6, 6.07) is 2.47. The van der Waals surface area contributed by atoms with E-state index in [0.717, 1.165) is 25.9 Å². The van der Waals surface area contributed by atoms with Crippen LogP contribution < -0.4 is 4.90 Å². The highest BCUT2D eigenvalue weighted by molar-refractivity contribution is 9.10. The van der Waals surface area contributed by atoms with Crippen molar-refractivity contribution in [1.29, 1.82) is 0 Å². The van der Waals surface area contributed by atoms with Crippen LogP contribution in [0.3, 0.4) is 0 Å². The second-order valence-corrected chi connectivity index (χ2v) is 5.64. The van der Waals surface area contributed by atoms with Crippen molar-refractivity contribution in [3.8, 4) is 0 Å². The highest BCUT2D eigenvalue weighted by atomic mass is 79.9. The minimum Gasteiger partial charge on any atom is -0.368 e. The smallest absolute Gasteiger partial charge is 0.147 e. The minimum atomic E-state index is -0.410. The van der Waals surface area contributed by atoms with E-state index in [4.69, 9.17) is 0 Å². The van der Waals surface area contributed by atoms with Crippen LogP contribution in [0.2, 0.25) is 0 Å². The first kappa shape index (κ1) is 12.8. The van der Waals surface area contributed by atoms with Gasteiger partial charge in [0.1, 0.15) is 11.6 Å². The fourth-order valence-electron chi connectivity index (χ4n) is 2.39. The molecule has 0 bridgehead atoms. The molecule has 0 saturated carbocycles. The van der Waals surface area contributed by atoms with Gasteiger partial charge in [0.25, 0.3) is 0 Å². The van der Waals surface area contributed by atoms with Gasteiger partial charge >= 0.3 is 0 Å². The second kappa shape index (κ2) is 4.56. The number of rotatable bonds is 3. The predicted molar refractivity (Wildman–Crippen MR) is 69.3 cm³/mol. The Bertz CT molecular complexity index is 422. The molecule has 1 aliphatic heterocycles. The standard InChI is InChI=1S/C13H16BrF2N/c1-3-13(4-2)7-17(8-13)12-6-10(15)9(14)5-11(12)16/h5-6H,3-4,7-8H2,1-2H3. The lowest BCUT2D eigenvalue weighted by atomic mass is 9.75. The maximum Gasteiger partial charge on any atom is 0.147 e. The Hall–Kier alpha value is -0.640. The zero-order valence-electron chi connectivity index (χ0n) is 10.1. The van der Waals surface area contributed by atoms with Gasteiger partial charge in [-0.1, -0.05) is 13.8 Å². The van der Waals surface area contributed by atoms with E-state index >= 15 is 0 Å². The second-order valence-electron chi connectivity index (χ2n) is 4.78. The van der Waals surface area contributed by atoms with Crippen LogP contribution in [0.25, 0.3) is 0 Å². The van der Waals surface area contributed by atoms with Crippen LogP contribution in [-0.4, -0.2) is 13.1 Å². The van der Waals surface area contributed by atoms with Crippen molar-refractivity contribution in [3.63, 3.8) is 0 Å². The van der Waals surface area contributed by atoms with Gasteiger partial charge in [0.2, 0.25) is 0 Å². The molecule has 2 rings (SSSR count). The molecule has 1 aliphatic rings. The third kappa shape index (κ3) is 2.19. The zero-order valence-corrected chi connectivity index (χ0v) is 11.7. The molecule has 0 spiro atoms. The monoisotopic (exact) mass is 303 g/mol. The molecule has 1 heterocycles. The molecule has 0 radical (unpaired) electrons. The lowest BCUT2D eigenvalue weighted by molar-refractivity contribution is 0.193. The summed E-state index contributed by atoms with van der Waals surface area (Å²) >= 11 is 2.99. The molecule has 1 aromatic rings. The van der Waals surface area contributed by atoms with Crippen LogP contribution in [-0.2, 0) is 0 Å². The summed E-state index contributed by atoms with van der Waals surface area (Å²) < 4.78 is 27.3. The van der Waals surface area contributed by atoms with Gasteiger partial charge in [-0.2, -0.15) is 0 Å². The first-order valence-corrected chi connectivity index (χ1v) is 6.70. The van der Waals surface area contributed by atoms with Gasteiger partial charge in [-0.05, 0) is 34.8 Å². The molecule has 0 N–H and O–H groups in total. The van der Waals surface area contributed by atoms with Crippen molar-refractivity contribution >= 4 is 21.6 Å². The molecule has 94 valence electrons. The average Bonchev–Trinajstić information content (AvgIpc) is 2.25. The number of anilines is 1. The van der Waals surface area contributed by atoms with Crippen molar-refractivity contribution < 1.29 is 8.78 Å². The number of hydrogen-bond acceptors (Lipinski definition) is 1. The summed E-state index contributed by atoms with van der Waals surface area (Å²) in [6.07, 6.45) is 2.17. The largest absolute Gasteiger partial charge is 0.368 e. The third-order valence-electron chi connectivity index (χ3n) is 3.88. The summed E-state index contributed by atoms with van der Waals surface area (Å²) in [6.45, 7) is 5.94. The molecule has 0 atom stereocenters. The SMILES string of the molecule is CCC1(CC)CN(c2cc(F)c(Br)cc2F)C1. The molecule has 0 aromatic heterocycles. The molecule has 0 amide bonds. The molecular formula is C13H16BrF2N. The molecule has 1 aromatic carbocycles. The van der Waals surface area contributed by atoms with Crippen molar-refractivity contribution in [2.24, 2.45) is 5.41 Å². The minimum absolute atomic E-state index is 0.177. The average molecular weight is 304 g/mol. The van der Waals surface area contributed by atoms with Gasteiger partial charge in [0.15, 0.2) is 0 Å². The van der Waals surface area contributed by atoms with Crippen LogP contribution >= 0.6 is 15.9 Å². The molecule has 17 heavy (non-hydrogen) atoms. The fraction of sp³-hybridized carbons (Fsp3) is 0.538. The van der Waals surface area contributed by atoms with Crippen LogP contribution in [0, 0.1) is 17.0 Å². The van der Waals surface area contributed by atoms with E-state index in [0.29, 0.717) is 5.69 Å². The Morgan fingerprint density at radius 2 is 1.76 bits per heavy atom. The summed E-state index contributed by atoms with van der Waals surface area (Å²) in [7, 11) is 0. The third-order valence-corrected chi connectivity index (χ3v) is 4.49. The number of benzene rings is 1. The van der Waals surface area contributed by atoms with E-state index in [9.17, 15) is 8.78 Å². The van der Waals surface area contributed by atoms with Crippen LogP contribution in [0.4, 0.5) is 14.5 Å². The van der Waals surface area contributed by atoms with E-state index in [1.54, 1.807) is 0 Å². The van der Waals surface area contributed by atoms with Crippen molar-refractivity contribution in [2.45, 2.75) is 26.7 Å². The van der Waals surface area contributed by atoms with Crippen LogP contribution in [0.15, 0.2) is 16.6 Å². The van der Waals surface area contributed by atoms with Gasteiger partial charge in [-0.3, -0.25) is 0 Å². The lowest BCUT2D eigenvalue weighted by Gasteiger charge is -2.51. The van der Waals surface area contributed by atoms with E-state index in [2.05, 4.69) is 29.8 Å². The topological polar surface area (TPSA) is 3.24 Å². The highest BCUT2D eigenvalue weighted by Crippen LogP contribution is 2.41.